The van der Waals surface area contributed by atoms with Crippen LogP contribution in [0, 0.1) is 0 Å². The molecule has 0 saturated carbocycles. The highest BCUT2D eigenvalue weighted by Crippen LogP contribution is 2.27. The zero-order valence-electron chi connectivity index (χ0n) is 12.4. The van der Waals surface area contributed by atoms with Gasteiger partial charge in [-0.3, -0.25) is 4.48 Å². The minimum Gasteiger partial charge on any atom is -0.361 e. The topological polar surface area (TPSA) is 15.8 Å². The number of hydrogen-bond acceptors (Lipinski definition) is 0. The fraction of sp³-hybridized carbons (Fsp3) is 0.467. The number of aromatic amines is 1. The Labute approximate surface area is 110 Å². The van der Waals surface area contributed by atoms with Gasteiger partial charge >= 0.3 is 0 Å². The molecular formula is C15H25N3+2. The number of aromatic nitrogens is 1. The second-order valence-electron chi connectivity index (χ2n) is 7.00. The minimum absolute atomic E-state index is 0.852. The monoisotopic (exact) mass is 247 g/mol. The Morgan fingerprint density at radius 3 is 2.22 bits per heavy atom. The summed E-state index contributed by atoms with van der Waals surface area (Å²) in [5.41, 5.74) is 3.97. The predicted octanol–water partition coefficient (Wildman–Crippen LogP) is 2.57. The van der Waals surface area contributed by atoms with Gasteiger partial charge in [0.25, 0.3) is 0 Å². The number of nitrogens with zero attached hydrogens (tertiary/aromatic N) is 2. The Morgan fingerprint density at radius 2 is 1.67 bits per heavy atom. The highest BCUT2D eigenvalue weighted by molar-refractivity contribution is 5.86. The number of H-pyrrole nitrogens is 1. The zero-order valence-corrected chi connectivity index (χ0v) is 12.4. The summed E-state index contributed by atoms with van der Waals surface area (Å²) in [5.74, 6) is 0. The van der Waals surface area contributed by atoms with Gasteiger partial charge in [-0.15, -0.1) is 0 Å². The average Bonchev–Trinajstić information content (AvgIpc) is 2.57. The van der Waals surface area contributed by atoms with E-state index >= 15 is 0 Å². The van der Waals surface area contributed by atoms with Crippen LogP contribution in [0.15, 0.2) is 24.4 Å². The standard InChI is InChI=1S/C15H25N3/c1-17(2,3)11-12-10-16-15-8-7-13(9-14(12)15)18(4,5)6/h7-10,16H,11H2,1-6H3/q+2. The van der Waals surface area contributed by atoms with Crippen LogP contribution in [0.25, 0.3) is 10.9 Å². The van der Waals surface area contributed by atoms with Gasteiger partial charge in [-0.1, -0.05) is 0 Å². The molecule has 0 saturated heterocycles. The van der Waals surface area contributed by atoms with Crippen molar-refractivity contribution in [3.8, 4) is 0 Å². The van der Waals surface area contributed by atoms with Gasteiger partial charge in [0, 0.05) is 34.8 Å². The molecule has 1 aromatic carbocycles. The Kier molecular flexibility index (Phi) is 2.99. The third-order valence-electron chi connectivity index (χ3n) is 3.17. The van der Waals surface area contributed by atoms with Crippen LogP contribution in [0.2, 0.25) is 0 Å². The maximum atomic E-state index is 3.37. The molecule has 1 N–H and O–H groups in total. The number of rotatable bonds is 3. The number of hydrogen-bond donors (Lipinski definition) is 1. The molecule has 0 fully saturated rings. The molecular weight excluding hydrogens is 222 g/mol. The van der Waals surface area contributed by atoms with Crippen LogP contribution in [-0.4, -0.2) is 51.8 Å². The molecule has 3 nitrogen and oxygen atoms in total. The van der Waals surface area contributed by atoms with Gasteiger partial charge in [-0.05, 0) is 6.07 Å². The maximum Gasteiger partial charge on any atom is 0.132 e. The first-order valence-corrected chi connectivity index (χ1v) is 6.39. The van der Waals surface area contributed by atoms with E-state index in [-0.39, 0.29) is 0 Å². The quantitative estimate of drug-likeness (QED) is 0.802. The van der Waals surface area contributed by atoms with Crippen LogP contribution >= 0.6 is 0 Å². The maximum absolute atomic E-state index is 3.37. The zero-order chi connectivity index (χ0) is 13.6. The first kappa shape index (κ1) is 13.1. The van der Waals surface area contributed by atoms with Crippen LogP contribution in [0.5, 0.6) is 0 Å². The number of benzene rings is 1. The van der Waals surface area contributed by atoms with Crippen LogP contribution in [0.4, 0.5) is 5.69 Å². The summed E-state index contributed by atoms with van der Waals surface area (Å²) in [6.45, 7) is 1.04. The van der Waals surface area contributed by atoms with Crippen molar-refractivity contribution in [2.45, 2.75) is 6.54 Å². The van der Waals surface area contributed by atoms with Crippen molar-refractivity contribution < 1.29 is 4.48 Å². The molecule has 2 rings (SSSR count). The smallest absolute Gasteiger partial charge is 0.132 e. The van der Waals surface area contributed by atoms with Crippen LogP contribution in [-0.2, 0) is 6.54 Å². The molecule has 0 spiro atoms. The summed E-state index contributed by atoms with van der Waals surface area (Å²) in [7, 11) is 13.3. The third kappa shape index (κ3) is 2.74. The molecule has 0 aliphatic carbocycles. The molecule has 0 aliphatic heterocycles. The first-order valence-electron chi connectivity index (χ1n) is 6.39. The highest BCUT2D eigenvalue weighted by atomic mass is 15.3. The predicted molar refractivity (Wildman–Crippen MR) is 79.6 cm³/mol. The van der Waals surface area contributed by atoms with E-state index in [1.807, 2.05) is 0 Å². The van der Waals surface area contributed by atoms with Gasteiger partial charge in [0.05, 0.1) is 42.3 Å². The number of nitrogens with one attached hydrogen (secondary N) is 1. The lowest BCUT2D eigenvalue weighted by molar-refractivity contribution is -0.883. The average molecular weight is 247 g/mol. The largest absolute Gasteiger partial charge is 0.361 e. The van der Waals surface area contributed by atoms with Crippen molar-refractivity contribution in [3.63, 3.8) is 0 Å². The first-order chi connectivity index (χ1) is 8.17. The Morgan fingerprint density at radius 1 is 1.00 bits per heavy atom. The fourth-order valence-electron chi connectivity index (χ4n) is 2.23. The van der Waals surface area contributed by atoms with Gasteiger partial charge in [-0.25, -0.2) is 0 Å². The molecule has 0 bridgehead atoms. The summed E-state index contributed by atoms with van der Waals surface area (Å²) in [4.78, 5) is 3.37. The van der Waals surface area contributed by atoms with E-state index in [0.29, 0.717) is 0 Å². The molecule has 0 amide bonds. The normalized spacial score (nSPS) is 13.2. The lowest BCUT2D eigenvalue weighted by atomic mass is 10.1. The van der Waals surface area contributed by atoms with Gasteiger partial charge < -0.3 is 9.47 Å². The van der Waals surface area contributed by atoms with E-state index < -0.39 is 0 Å². The second-order valence-corrected chi connectivity index (χ2v) is 7.00. The lowest BCUT2D eigenvalue weighted by Gasteiger charge is -2.25. The Hall–Kier alpha value is -1.32. The van der Waals surface area contributed by atoms with Crippen molar-refractivity contribution in [1.82, 2.24) is 9.47 Å². The van der Waals surface area contributed by atoms with E-state index in [1.165, 1.54) is 22.2 Å². The van der Waals surface area contributed by atoms with Gasteiger partial charge in [0.2, 0.25) is 0 Å². The minimum atomic E-state index is 0.852. The Balaban J connectivity index is 2.50. The summed E-state index contributed by atoms with van der Waals surface area (Å²) < 4.78 is 1.80. The SMILES string of the molecule is C[N+](C)(C)Cc1c[nH]c2ccc([N+](C)(C)C)cc12. The van der Waals surface area contributed by atoms with Crippen LogP contribution in [0.1, 0.15) is 5.56 Å². The summed E-state index contributed by atoms with van der Waals surface area (Å²) in [6, 6.07) is 6.71. The summed E-state index contributed by atoms with van der Waals surface area (Å²) in [6.07, 6.45) is 2.15. The fourth-order valence-corrected chi connectivity index (χ4v) is 2.23. The number of fused-ring (bicyclic) bond motifs is 1. The van der Waals surface area contributed by atoms with Gasteiger partial charge in [0.1, 0.15) is 12.2 Å². The van der Waals surface area contributed by atoms with E-state index in [2.05, 4.69) is 71.7 Å². The number of quaternary nitrogens is 2. The molecule has 2 aromatic rings. The van der Waals surface area contributed by atoms with E-state index in [0.717, 1.165) is 15.5 Å². The van der Waals surface area contributed by atoms with Crippen LogP contribution < -0.4 is 4.48 Å². The van der Waals surface area contributed by atoms with Crippen molar-refractivity contribution in [1.29, 1.82) is 0 Å². The van der Waals surface area contributed by atoms with Crippen molar-refractivity contribution in [2.75, 3.05) is 42.3 Å². The molecule has 18 heavy (non-hydrogen) atoms. The molecule has 0 aliphatic rings. The van der Waals surface area contributed by atoms with Crippen molar-refractivity contribution in [2.24, 2.45) is 0 Å². The van der Waals surface area contributed by atoms with Gasteiger partial charge in [-0.2, -0.15) is 0 Å². The molecule has 3 heteroatoms. The van der Waals surface area contributed by atoms with E-state index in [1.54, 1.807) is 0 Å². The molecule has 0 unspecified atom stereocenters. The van der Waals surface area contributed by atoms with E-state index in [4.69, 9.17) is 0 Å². The molecule has 0 radical (unpaired) electrons. The van der Waals surface area contributed by atoms with Crippen molar-refractivity contribution in [3.05, 3.63) is 30.0 Å². The summed E-state index contributed by atoms with van der Waals surface area (Å²) >= 11 is 0. The Bertz CT molecular complexity index is 553. The van der Waals surface area contributed by atoms with E-state index in [9.17, 15) is 0 Å². The molecule has 98 valence electrons. The third-order valence-corrected chi connectivity index (χ3v) is 3.17. The lowest BCUT2D eigenvalue weighted by Crippen LogP contribution is -2.34. The molecule has 1 heterocycles. The van der Waals surface area contributed by atoms with Crippen molar-refractivity contribution >= 4 is 16.6 Å². The van der Waals surface area contributed by atoms with Crippen LogP contribution in [0.3, 0.4) is 0 Å². The summed E-state index contributed by atoms with van der Waals surface area (Å²) in [5, 5.41) is 1.36. The molecule has 0 atom stereocenters. The van der Waals surface area contributed by atoms with Gasteiger partial charge in [0.15, 0.2) is 0 Å². The second kappa shape index (κ2) is 4.11. The highest BCUT2D eigenvalue weighted by Gasteiger charge is 2.17. The molecule has 1 aromatic heterocycles.